The normalized spacial score (nSPS) is 11.8. The average molecular weight is 355 g/mol. The predicted octanol–water partition coefficient (Wildman–Crippen LogP) is 5.36. The molecule has 0 atom stereocenters. The Labute approximate surface area is 128 Å². The summed E-state index contributed by atoms with van der Waals surface area (Å²) >= 11 is 3.26. The molecule has 0 radical (unpaired) electrons. The lowest BCUT2D eigenvalue weighted by Crippen LogP contribution is -2.04. The van der Waals surface area contributed by atoms with Gasteiger partial charge in [-0.25, -0.2) is 0 Å². The number of alkyl halides is 3. The molecule has 0 aliphatic heterocycles. The summed E-state index contributed by atoms with van der Waals surface area (Å²) in [6.45, 7) is 0. The number of allylic oxidation sites excluding steroid dienone is 1. The van der Waals surface area contributed by atoms with Crippen LogP contribution in [0, 0.1) is 0 Å². The van der Waals surface area contributed by atoms with Crippen LogP contribution in [0.1, 0.15) is 21.5 Å². The van der Waals surface area contributed by atoms with Crippen molar-refractivity contribution in [3.05, 3.63) is 75.8 Å². The Bertz CT molecular complexity index is 673. The maximum Gasteiger partial charge on any atom is 0.416 e. The third-order valence-electron chi connectivity index (χ3n) is 2.77. The number of benzene rings is 2. The topological polar surface area (TPSA) is 17.1 Å². The molecule has 0 unspecified atom stereocenters. The van der Waals surface area contributed by atoms with Crippen LogP contribution in [0.15, 0.2) is 59.1 Å². The molecule has 0 N–H and O–H groups in total. The monoisotopic (exact) mass is 354 g/mol. The van der Waals surface area contributed by atoms with E-state index in [0.29, 0.717) is 11.1 Å². The highest BCUT2D eigenvalue weighted by atomic mass is 79.9. The molecule has 2 aromatic rings. The van der Waals surface area contributed by atoms with E-state index in [9.17, 15) is 18.0 Å². The van der Waals surface area contributed by atoms with Crippen molar-refractivity contribution in [3.8, 4) is 0 Å². The summed E-state index contributed by atoms with van der Waals surface area (Å²) in [6.07, 6.45) is -1.75. The summed E-state index contributed by atoms with van der Waals surface area (Å²) in [5.74, 6) is -0.264. The van der Waals surface area contributed by atoms with Crippen LogP contribution < -0.4 is 0 Å². The molecule has 21 heavy (non-hydrogen) atoms. The average Bonchev–Trinajstić information content (AvgIpc) is 2.45. The van der Waals surface area contributed by atoms with E-state index in [4.69, 9.17) is 0 Å². The molecule has 0 saturated carbocycles. The van der Waals surface area contributed by atoms with E-state index in [0.717, 1.165) is 16.6 Å². The van der Waals surface area contributed by atoms with Crippen LogP contribution in [0.4, 0.5) is 13.2 Å². The van der Waals surface area contributed by atoms with Crippen molar-refractivity contribution in [1.29, 1.82) is 0 Å². The van der Waals surface area contributed by atoms with Crippen LogP contribution >= 0.6 is 15.9 Å². The van der Waals surface area contributed by atoms with Gasteiger partial charge in [0.2, 0.25) is 0 Å². The molecule has 0 spiro atoms. The zero-order valence-corrected chi connectivity index (χ0v) is 12.3. The van der Waals surface area contributed by atoms with Crippen LogP contribution in [0.5, 0.6) is 0 Å². The van der Waals surface area contributed by atoms with E-state index < -0.39 is 11.7 Å². The van der Waals surface area contributed by atoms with E-state index in [1.54, 1.807) is 24.3 Å². The van der Waals surface area contributed by atoms with Crippen molar-refractivity contribution in [3.63, 3.8) is 0 Å². The summed E-state index contributed by atoms with van der Waals surface area (Å²) in [7, 11) is 0. The number of hydrogen-bond donors (Lipinski definition) is 0. The van der Waals surface area contributed by atoms with Crippen LogP contribution in [-0.4, -0.2) is 5.78 Å². The van der Waals surface area contributed by atoms with Crippen LogP contribution in [0.2, 0.25) is 0 Å². The second kappa shape index (κ2) is 6.26. The first-order chi connectivity index (χ1) is 9.86. The van der Waals surface area contributed by atoms with Gasteiger partial charge in [-0.1, -0.05) is 34.1 Å². The van der Waals surface area contributed by atoms with Crippen LogP contribution in [-0.2, 0) is 6.18 Å². The lowest BCUT2D eigenvalue weighted by molar-refractivity contribution is -0.137. The zero-order valence-electron chi connectivity index (χ0n) is 10.7. The van der Waals surface area contributed by atoms with E-state index in [1.165, 1.54) is 24.3 Å². The smallest absolute Gasteiger partial charge is 0.289 e. The van der Waals surface area contributed by atoms with Gasteiger partial charge >= 0.3 is 6.18 Å². The van der Waals surface area contributed by atoms with Gasteiger partial charge in [0, 0.05) is 10.0 Å². The van der Waals surface area contributed by atoms with E-state index in [2.05, 4.69) is 15.9 Å². The molecule has 108 valence electrons. The number of halogens is 4. The quantitative estimate of drug-likeness (QED) is 0.535. The Kier molecular flexibility index (Phi) is 4.63. The summed E-state index contributed by atoms with van der Waals surface area (Å²) in [5, 5.41) is 0. The number of hydrogen-bond acceptors (Lipinski definition) is 1. The molecule has 0 amide bonds. The number of ketones is 1. The molecule has 0 heterocycles. The first kappa shape index (κ1) is 15.5. The van der Waals surface area contributed by atoms with Gasteiger partial charge in [-0.2, -0.15) is 13.2 Å². The van der Waals surface area contributed by atoms with Crippen molar-refractivity contribution in [1.82, 2.24) is 0 Å². The number of rotatable bonds is 3. The molecular weight excluding hydrogens is 345 g/mol. The molecule has 0 aliphatic rings. The van der Waals surface area contributed by atoms with E-state index >= 15 is 0 Å². The first-order valence-corrected chi connectivity index (χ1v) is 6.81. The van der Waals surface area contributed by atoms with Gasteiger partial charge in [0.1, 0.15) is 0 Å². The molecule has 2 aromatic carbocycles. The number of carbonyl (C=O) groups excluding carboxylic acids is 1. The SMILES string of the molecule is O=C(/C=C/c1cccc(C(F)(F)F)c1)c1ccc(Br)cc1. The molecular formula is C16H10BrF3O. The fraction of sp³-hybridized carbons (Fsp3) is 0.0625. The molecule has 0 saturated heterocycles. The third kappa shape index (κ3) is 4.29. The molecule has 2 rings (SSSR count). The van der Waals surface area contributed by atoms with Crippen LogP contribution in [0.25, 0.3) is 6.08 Å². The van der Waals surface area contributed by atoms with Gasteiger partial charge in [0.05, 0.1) is 5.56 Å². The van der Waals surface area contributed by atoms with Gasteiger partial charge in [-0.05, 0) is 48.0 Å². The van der Waals surface area contributed by atoms with Crippen LogP contribution in [0.3, 0.4) is 0 Å². The highest BCUT2D eigenvalue weighted by Crippen LogP contribution is 2.29. The van der Waals surface area contributed by atoms with Gasteiger partial charge in [0.25, 0.3) is 0 Å². The molecule has 5 heteroatoms. The Morgan fingerprint density at radius 2 is 1.71 bits per heavy atom. The molecule has 0 fully saturated rings. The Morgan fingerprint density at radius 3 is 2.33 bits per heavy atom. The molecule has 1 nitrogen and oxygen atoms in total. The first-order valence-electron chi connectivity index (χ1n) is 6.01. The van der Waals surface area contributed by atoms with Gasteiger partial charge in [0.15, 0.2) is 5.78 Å². The predicted molar refractivity (Wildman–Crippen MR) is 79.0 cm³/mol. The lowest BCUT2D eigenvalue weighted by Gasteiger charge is -2.06. The largest absolute Gasteiger partial charge is 0.416 e. The highest BCUT2D eigenvalue weighted by molar-refractivity contribution is 9.10. The third-order valence-corrected chi connectivity index (χ3v) is 3.30. The maximum absolute atomic E-state index is 12.6. The summed E-state index contributed by atoms with van der Waals surface area (Å²) in [4.78, 5) is 11.9. The second-order valence-corrected chi connectivity index (χ2v) is 5.24. The van der Waals surface area contributed by atoms with Crippen molar-refractivity contribution in [2.45, 2.75) is 6.18 Å². The van der Waals surface area contributed by atoms with E-state index in [1.807, 2.05) is 0 Å². The minimum Gasteiger partial charge on any atom is -0.289 e. The minimum absolute atomic E-state index is 0.264. The van der Waals surface area contributed by atoms with Gasteiger partial charge in [-0.15, -0.1) is 0 Å². The molecule has 0 aliphatic carbocycles. The number of carbonyl (C=O) groups is 1. The Morgan fingerprint density at radius 1 is 1.05 bits per heavy atom. The lowest BCUT2D eigenvalue weighted by atomic mass is 10.1. The maximum atomic E-state index is 12.6. The summed E-state index contributed by atoms with van der Waals surface area (Å²) in [6, 6.07) is 11.6. The van der Waals surface area contributed by atoms with Crippen molar-refractivity contribution < 1.29 is 18.0 Å². The highest BCUT2D eigenvalue weighted by Gasteiger charge is 2.30. The summed E-state index contributed by atoms with van der Waals surface area (Å²) in [5.41, 5.74) is 0.0671. The summed E-state index contributed by atoms with van der Waals surface area (Å²) < 4.78 is 38.6. The Hall–Kier alpha value is -1.88. The van der Waals surface area contributed by atoms with E-state index in [-0.39, 0.29) is 5.78 Å². The van der Waals surface area contributed by atoms with Crippen molar-refractivity contribution in [2.24, 2.45) is 0 Å². The van der Waals surface area contributed by atoms with Gasteiger partial charge in [-0.3, -0.25) is 4.79 Å². The van der Waals surface area contributed by atoms with Crippen molar-refractivity contribution >= 4 is 27.8 Å². The zero-order chi connectivity index (χ0) is 15.5. The van der Waals surface area contributed by atoms with Crippen molar-refractivity contribution in [2.75, 3.05) is 0 Å². The molecule has 0 bridgehead atoms. The second-order valence-electron chi connectivity index (χ2n) is 4.33. The van der Waals surface area contributed by atoms with Gasteiger partial charge < -0.3 is 0 Å². The fourth-order valence-corrected chi connectivity index (χ4v) is 1.97. The Balaban J connectivity index is 2.17. The minimum atomic E-state index is -4.39. The molecule has 0 aromatic heterocycles. The standard InChI is InChI=1S/C16H10BrF3O/c17-14-7-5-12(6-8-14)15(21)9-4-11-2-1-3-13(10-11)16(18,19)20/h1-10H/b9-4+. The fourth-order valence-electron chi connectivity index (χ4n) is 1.70.